The number of halogens is 1. The zero-order chi connectivity index (χ0) is 15.0. The number of fused-ring (bicyclic) bond motifs is 1. The summed E-state index contributed by atoms with van der Waals surface area (Å²) in [6.07, 6.45) is 3.23. The molecule has 0 bridgehead atoms. The molecule has 1 unspecified atom stereocenters. The molecule has 0 spiro atoms. The van der Waals surface area contributed by atoms with Gasteiger partial charge in [0.25, 0.3) is 0 Å². The second-order valence-electron chi connectivity index (χ2n) is 5.71. The van der Waals surface area contributed by atoms with Crippen molar-refractivity contribution in [3.05, 3.63) is 46.5 Å². The van der Waals surface area contributed by atoms with Crippen LogP contribution >= 0.6 is 15.9 Å². The first-order valence-corrected chi connectivity index (χ1v) is 7.76. The smallest absolute Gasteiger partial charge is 0.246 e. The molecule has 1 aromatic carbocycles. The summed E-state index contributed by atoms with van der Waals surface area (Å²) in [4.78, 5) is 14.8. The second-order valence-corrected chi connectivity index (χ2v) is 6.62. The SMILES string of the molecule is CC(C)C(C(=O)N1Cc2ccc(Br)cc2C1)n1cnnc1. The van der Waals surface area contributed by atoms with Crippen LogP contribution in [0.15, 0.2) is 35.3 Å². The van der Waals surface area contributed by atoms with Crippen LogP contribution in [0.25, 0.3) is 0 Å². The number of amides is 1. The Morgan fingerprint density at radius 1 is 1.19 bits per heavy atom. The molecule has 2 heterocycles. The van der Waals surface area contributed by atoms with Crippen LogP contribution in [-0.4, -0.2) is 25.6 Å². The molecule has 0 saturated heterocycles. The maximum atomic E-state index is 12.9. The van der Waals surface area contributed by atoms with Crippen molar-refractivity contribution in [2.75, 3.05) is 0 Å². The molecule has 1 amide bonds. The van der Waals surface area contributed by atoms with Crippen LogP contribution in [0.3, 0.4) is 0 Å². The molecule has 1 aliphatic rings. The Labute approximate surface area is 132 Å². The van der Waals surface area contributed by atoms with E-state index in [1.54, 1.807) is 17.2 Å². The van der Waals surface area contributed by atoms with Gasteiger partial charge in [-0.1, -0.05) is 35.8 Å². The molecule has 0 aliphatic carbocycles. The first-order chi connectivity index (χ1) is 10.1. The molecule has 0 N–H and O–H groups in total. The Morgan fingerprint density at radius 2 is 1.86 bits per heavy atom. The van der Waals surface area contributed by atoms with Crippen LogP contribution < -0.4 is 0 Å². The lowest BCUT2D eigenvalue weighted by Gasteiger charge is -2.26. The normalized spacial score (nSPS) is 15.3. The summed E-state index contributed by atoms with van der Waals surface area (Å²) in [6.45, 7) is 5.43. The topological polar surface area (TPSA) is 51.0 Å². The van der Waals surface area contributed by atoms with Gasteiger partial charge in [0.2, 0.25) is 5.91 Å². The average Bonchev–Trinajstić information content (AvgIpc) is 3.06. The van der Waals surface area contributed by atoms with Gasteiger partial charge in [-0.05, 0) is 29.2 Å². The number of aromatic nitrogens is 3. The molecule has 0 saturated carbocycles. The van der Waals surface area contributed by atoms with Crippen molar-refractivity contribution in [1.29, 1.82) is 0 Å². The van der Waals surface area contributed by atoms with Gasteiger partial charge >= 0.3 is 0 Å². The van der Waals surface area contributed by atoms with E-state index in [-0.39, 0.29) is 17.9 Å². The molecule has 3 rings (SSSR count). The number of carbonyl (C=O) groups is 1. The third kappa shape index (κ3) is 2.72. The fourth-order valence-corrected chi connectivity index (χ4v) is 3.22. The Morgan fingerprint density at radius 3 is 2.52 bits per heavy atom. The van der Waals surface area contributed by atoms with E-state index >= 15 is 0 Å². The zero-order valence-electron chi connectivity index (χ0n) is 12.0. The number of hydrogen-bond acceptors (Lipinski definition) is 3. The first kappa shape index (κ1) is 14.3. The summed E-state index contributed by atoms with van der Waals surface area (Å²) in [5.41, 5.74) is 2.43. The fourth-order valence-electron chi connectivity index (χ4n) is 2.82. The summed E-state index contributed by atoms with van der Waals surface area (Å²) < 4.78 is 2.85. The van der Waals surface area contributed by atoms with Gasteiger partial charge in [0.1, 0.15) is 18.7 Å². The van der Waals surface area contributed by atoms with Crippen LogP contribution in [0, 0.1) is 5.92 Å². The van der Waals surface area contributed by atoms with Gasteiger partial charge in [0, 0.05) is 17.6 Å². The van der Waals surface area contributed by atoms with E-state index in [0.717, 1.165) is 4.47 Å². The minimum atomic E-state index is -0.252. The molecule has 21 heavy (non-hydrogen) atoms. The molecule has 110 valence electrons. The standard InChI is InChI=1S/C15H17BrN4O/c1-10(2)14(20-8-17-18-9-20)15(21)19-6-11-3-4-13(16)5-12(11)7-19/h3-5,8-10,14H,6-7H2,1-2H3. The fraction of sp³-hybridized carbons (Fsp3) is 0.400. The predicted molar refractivity (Wildman–Crippen MR) is 82.3 cm³/mol. The van der Waals surface area contributed by atoms with E-state index in [1.165, 1.54) is 11.1 Å². The lowest BCUT2D eigenvalue weighted by atomic mass is 10.0. The molecule has 0 radical (unpaired) electrons. The number of hydrogen-bond donors (Lipinski definition) is 0. The van der Waals surface area contributed by atoms with Gasteiger partial charge in [-0.25, -0.2) is 0 Å². The van der Waals surface area contributed by atoms with Crippen molar-refractivity contribution in [1.82, 2.24) is 19.7 Å². The highest BCUT2D eigenvalue weighted by atomic mass is 79.9. The van der Waals surface area contributed by atoms with Crippen LogP contribution in [0.5, 0.6) is 0 Å². The highest BCUT2D eigenvalue weighted by molar-refractivity contribution is 9.10. The van der Waals surface area contributed by atoms with E-state index in [4.69, 9.17) is 0 Å². The van der Waals surface area contributed by atoms with Crippen LogP contribution in [0.2, 0.25) is 0 Å². The van der Waals surface area contributed by atoms with E-state index in [9.17, 15) is 4.79 Å². The Hall–Kier alpha value is -1.69. The third-order valence-electron chi connectivity index (χ3n) is 3.84. The Balaban J connectivity index is 1.83. The van der Waals surface area contributed by atoms with Gasteiger partial charge in [-0.3, -0.25) is 4.79 Å². The van der Waals surface area contributed by atoms with Crippen molar-refractivity contribution in [2.45, 2.75) is 33.0 Å². The minimum Gasteiger partial charge on any atom is -0.332 e. The van der Waals surface area contributed by atoms with Gasteiger partial charge in [-0.2, -0.15) is 0 Å². The van der Waals surface area contributed by atoms with E-state index < -0.39 is 0 Å². The van der Waals surface area contributed by atoms with Crippen LogP contribution in [0.4, 0.5) is 0 Å². The molecule has 1 aromatic heterocycles. The number of carbonyl (C=O) groups excluding carboxylic acids is 1. The number of nitrogens with zero attached hydrogens (tertiary/aromatic N) is 4. The van der Waals surface area contributed by atoms with Gasteiger partial charge in [0.15, 0.2) is 0 Å². The summed E-state index contributed by atoms with van der Waals surface area (Å²) in [5, 5.41) is 7.64. The van der Waals surface area contributed by atoms with E-state index in [1.807, 2.05) is 24.8 Å². The summed E-state index contributed by atoms with van der Waals surface area (Å²) in [7, 11) is 0. The summed E-state index contributed by atoms with van der Waals surface area (Å²) in [6, 6.07) is 5.94. The Kier molecular flexibility index (Phi) is 3.80. The quantitative estimate of drug-likeness (QED) is 0.856. The summed E-state index contributed by atoms with van der Waals surface area (Å²) in [5.74, 6) is 0.307. The molecule has 0 fully saturated rings. The molecular formula is C15H17BrN4O. The van der Waals surface area contributed by atoms with Gasteiger partial charge in [-0.15, -0.1) is 10.2 Å². The van der Waals surface area contributed by atoms with Crippen molar-refractivity contribution in [2.24, 2.45) is 5.92 Å². The van der Waals surface area contributed by atoms with Crippen molar-refractivity contribution in [3.8, 4) is 0 Å². The maximum Gasteiger partial charge on any atom is 0.246 e. The lowest BCUT2D eigenvalue weighted by molar-refractivity contribution is -0.136. The first-order valence-electron chi connectivity index (χ1n) is 6.96. The molecular weight excluding hydrogens is 332 g/mol. The minimum absolute atomic E-state index is 0.122. The summed E-state index contributed by atoms with van der Waals surface area (Å²) >= 11 is 3.48. The number of rotatable bonds is 3. The van der Waals surface area contributed by atoms with E-state index in [0.29, 0.717) is 13.1 Å². The highest BCUT2D eigenvalue weighted by Gasteiger charge is 2.32. The van der Waals surface area contributed by atoms with Crippen molar-refractivity contribution < 1.29 is 4.79 Å². The lowest BCUT2D eigenvalue weighted by Crippen LogP contribution is -2.36. The largest absolute Gasteiger partial charge is 0.332 e. The number of benzene rings is 1. The van der Waals surface area contributed by atoms with Crippen LogP contribution in [-0.2, 0) is 17.9 Å². The van der Waals surface area contributed by atoms with Gasteiger partial charge < -0.3 is 9.47 Å². The zero-order valence-corrected chi connectivity index (χ0v) is 13.6. The molecule has 6 heteroatoms. The highest BCUT2D eigenvalue weighted by Crippen LogP contribution is 2.29. The molecule has 5 nitrogen and oxygen atoms in total. The predicted octanol–water partition coefficient (Wildman–Crippen LogP) is 2.78. The molecule has 2 aromatic rings. The molecule has 1 aliphatic heterocycles. The van der Waals surface area contributed by atoms with Crippen molar-refractivity contribution in [3.63, 3.8) is 0 Å². The maximum absolute atomic E-state index is 12.9. The van der Waals surface area contributed by atoms with Gasteiger partial charge in [0.05, 0.1) is 0 Å². The van der Waals surface area contributed by atoms with Crippen molar-refractivity contribution >= 4 is 21.8 Å². The third-order valence-corrected chi connectivity index (χ3v) is 4.34. The van der Waals surface area contributed by atoms with Crippen LogP contribution in [0.1, 0.15) is 31.0 Å². The van der Waals surface area contributed by atoms with E-state index in [2.05, 4.69) is 38.3 Å². The second kappa shape index (κ2) is 5.60. The molecule has 1 atom stereocenters. The Bertz CT molecular complexity index is 654. The average molecular weight is 349 g/mol. The monoisotopic (exact) mass is 348 g/mol.